The van der Waals surface area contributed by atoms with Crippen LogP contribution in [0.15, 0.2) is 36.5 Å². The van der Waals surface area contributed by atoms with Crippen molar-refractivity contribution in [1.82, 2.24) is 10.3 Å². The number of thiazole rings is 1. The summed E-state index contributed by atoms with van der Waals surface area (Å²) in [5.41, 5.74) is 1.01. The standard InChI is InChI=1S/C15H18N2O2S2/c1-20-10-12(7-8-18)17-14(19)13-9-16-15(21-13)11-5-3-2-4-6-11/h2-6,9,12,18H,7-8,10H2,1H3,(H,17,19). The average Bonchev–Trinajstić information content (AvgIpc) is 2.98. The van der Waals surface area contributed by atoms with Crippen molar-refractivity contribution >= 4 is 29.0 Å². The third kappa shape index (κ3) is 4.56. The van der Waals surface area contributed by atoms with Crippen LogP contribution in [0.2, 0.25) is 0 Å². The van der Waals surface area contributed by atoms with E-state index in [0.29, 0.717) is 11.3 Å². The molecule has 1 unspecified atom stereocenters. The van der Waals surface area contributed by atoms with E-state index in [0.717, 1.165) is 16.3 Å². The Balaban J connectivity index is 2.05. The average molecular weight is 322 g/mol. The number of carbonyl (C=O) groups is 1. The van der Waals surface area contributed by atoms with Gasteiger partial charge in [0.25, 0.3) is 5.91 Å². The van der Waals surface area contributed by atoms with Gasteiger partial charge in [0.1, 0.15) is 9.88 Å². The Labute approximate surface area is 132 Å². The first-order chi connectivity index (χ1) is 10.2. The number of hydrogen-bond acceptors (Lipinski definition) is 5. The van der Waals surface area contributed by atoms with Crippen LogP contribution in [0.25, 0.3) is 10.6 Å². The lowest BCUT2D eigenvalue weighted by Gasteiger charge is -2.15. The third-order valence-electron chi connectivity index (χ3n) is 2.93. The van der Waals surface area contributed by atoms with E-state index in [4.69, 9.17) is 5.11 Å². The number of hydrogen-bond donors (Lipinski definition) is 2. The van der Waals surface area contributed by atoms with Crippen molar-refractivity contribution in [2.24, 2.45) is 0 Å². The van der Waals surface area contributed by atoms with E-state index >= 15 is 0 Å². The topological polar surface area (TPSA) is 62.2 Å². The number of aliphatic hydroxyl groups excluding tert-OH is 1. The molecule has 0 radical (unpaired) electrons. The molecule has 0 spiro atoms. The minimum absolute atomic E-state index is 0.0141. The fraction of sp³-hybridized carbons (Fsp3) is 0.333. The van der Waals surface area contributed by atoms with Crippen LogP contribution in [-0.2, 0) is 0 Å². The molecule has 0 saturated carbocycles. The molecule has 0 bridgehead atoms. The van der Waals surface area contributed by atoms with Gasteiger partial charge in [-0.1, -0.05) is 30.3 Å². The van der Waals surface area contributed by atoms with Gasteiger partial charge in [0.2, 0.25) is 0 Å². The molecule has 0 fully saturated rings. The second-order valence-electron chi connectivity index (χ2n) is 4.53. The predicted octanol–water partition coefficient (Wildman–Crippen LogP) is 2.65. The summed E-state index contributed by atoms with van der Waals surface area (Å²) in [7, 11) is 0. The van der Waals surface area contributed by atoms with Gasteiger partial charge < -0.3 is 10.4 Å². The molecule has 0 aliphatic carbocycles. The van der Waals surface area contributed by atoms with Gasteiger partial charge in [0.15, 0.2) is 0 Å². The van der Waals surface area contributed by atoms with E-state index in [1.54, 1.807) is 18.0 Å². The highest BCUT2D eigenvalue weighted by Gasteiger charge is 2.16. The van der Waals surface area contributed by atoms with Gasteiger partial charge in [-0.3, -0.25) is 4.79 Å². The van der Waals surface area contributed by atoms with Gasteiger partial charge in [-0.2, -0.15) is 11.8 Å². The highest BCUT2D eigenvalue weighted by molar-refractivity contribution is 7.98. The minimum Gasteiger partial charge on any atom is -0.396 e. The number of nitrogens with one attached hydrogen (secondary N) is 1. The normalized spacial score (nSPS) is 12.1. The number of rotatable bonds is 7. The number of benzene rings is 1. The molecule has 0 aliphatic heterocycles. The van der Waals surface area contributed by atoms with Crippen LogP contribution in [0.5, 0.6) is 0 Å². The lowest BCUT2D eigenvalue weighted by atomic mass is 10.2. The number of aromatic nitrogens is 1. The number of aliphatic hydroxyl groups is 1. The highest BCUT2D eigenvalue weighted by Crippen LogP contribution is 2.24. The smallest absolute Gasteiger partial charge is 0.263 e. The summed E-state index contributed by atoms with van der Waals surface area (Å²) in [5, 5.41) is 12.8. The highest BCUT2D eigenvalue weighted by atomic mass is 32.2. The lowest BCUT2D eigenvalue weighted by molar-refractivity contribution is 0.0939. The zero-order valence-electron chi connectivity index (χ0n) is 11.8. The van der Waals surface area contributed by atoms with E-state index in [9.17, 15) is 4.79 Å². The quantitative estimate of drug-likeness (QED) is 0.823. The van der Waals surface area contributed by atoms with E-state index < -0.39 is 0 Å². The molecule has 2 aromatic rings. The number of nitrogens with zero attached hydrogens (tertiary/aromatic N) is 1. The van der Waals surface area contributed by atoms with Crippen LogP contribution in [0, 0.1) is 0 Å². The first-order valence-electron chi connectivity index (χ1n) is 6.66. The van der Waals surface area contributed by atoms with Crippen LogP contribution in [0.3, 0.4) is 0 Å². The Morgan fingerprint density at radius 2 is 2.19 bits per heavy atom. The maximum Gasteiger partial charge on any atom is 0.263 e. The van der Waals surface area contributed by atoms with Crippen molar-refractivity contribution in [2.45, 2.75) is 12.5 Å². The monoisotopic (exact) mass is 322 g/mol. The third-order valence-corrected chi connectivity index (χ3v) is 4.71. The summed E-state index contributed by atoms with van der Waals surface area (Å²) in [6, 6.07) is 9.79. The Morgan fingerprint density at radius 3 is 2.86 bits per heavy atom. The Kier molecular flexibility index (Phi) is 6.22. The Morgan fingerprint density at radius 1 is 1.43 bits per heavy atom. The van der Waals surface area contributed by atoms with Crippen LogP contribution in [0.4, 0.5) is 0 Å². The zero-order valence-corrected chi connectivity index (χ0v) is 13.4. The molecule has 0 aliphatic rings. The first-order valence-corrected chi connectivity index (χ1v) is 8.87. The maximum atomic E-state index is 12.2. The van der Waals surface area contributed by atoms with E-state index in [1.807, 2.05) is 36.6 Å². The number of thioether (sulfide) groups is 1. The molecule has 1 aromatic carbocycles. The zero-order chi connectivity index (χ0) is 15.1. The summed E-state index contributed by atoms with van der Waals surface area (Å²) < 4.78 is 0. The number of amides is 1. The molecule has 1 heterocycles. The first kappa shape index (κ1) is 16.0. The molecule has 2 rings (SSSR count). The molecule has 1 aromatic heterocycles. The van der Waals surface area contributed by atoms with Crippen LogP contribution in [0.1, 0.15) is 16.1 Å². The van der Waals surface area contributed by atoms with Gasteiger partial charge in [-0.15, -0.1) is 11.3 Å². The van der Waals surface area contributed by atoms with E-state index in [-0.39, 0.29) is 18.6 Å². The molecule has 1 amide bonds. The summed E-state index contributed by atoms with van der Waals surface area (Å²) in [6.45, 7) is 0.0729. The van der Waals surface area contributed by atoms with Crippen molar-refractivity contribution in [2.75, 3.05) is 18.6 Å². The molecule has 4 nitrogen and oxygen atoms in total. The summed E-state index contributed by atoms with van der Waals surface area (Å²) in [5.74, 6) is 0.665. The largest absolute Gasteiger partial charge is 0.396 e. The summed E-state index contributed by atoms with van der Waals surface area (Å²) >= 11 is 3.03. The minimum atomic E-state index is -0.123. The second-order valence-corrected chi connectivity index (χ2v) is 6.48. The molecule has 2 N–H and O–H groups in total. The Hall–Kier alpha value is -1.37. The lowest BCUT2D eigenvalue weighted by Crippen LogP contribution is -2.36. The van der Waals surface area contributed by atoms with Gasteiger partial charge in [0, 0.05) is 24.0 Å². The van der Waals surface area contributed by atoms with Crippen LogP contribution >= 0.6 is 23.1 Å². The van der Waals surface area contributed by atoms with Crippen LogP contribution in [-0.4, -0.2) is 40.7 Å². The fourth-order valence-electron chi connectivity index (χ4n) is 1.90. The maximum absolute atomic E-state index is 12.2. The van der Waals surface area contributed by atoms with Crippen molar-refractivity contribution in [1.29, 1.82) is 0 Å². The molecular formula is C15H18N2O2S2. The van der Waals surface area contributed by atoms with E-state index in [2.05, 4.69) is 10.3 Å². The van der Waals surface area contributed by atoms with Gasteiger partial charge in [0.05, 0.1) is 6.20 Å². The Bertz CT molecular complexity index is 566. The number of carbonyl (C=O) groups excluding carboxylic acids is 1. The SMILES string of the molecule is CSCC(CCO)NC(=O)c1cnc(-c2ccccc2)s1. The van der Waals surface area contributed by atoms with Gasteiger partial charge in [-0.25, -0.2) is 4.98 Å². The second kappa shape index (κ2) is 8.17. The molecule has 0 saturated heterocycles. The van der Waals surface area contributed by atoms with Crippen molar-refractivity contribution in [3.05, 3.63) is 41.4 Å². The summed E-state index contributed by atoms with van der Waals surface area (Å²) in [6.07, 6.45) is 4.16. The van der Waals surface area contributed by atoms with Crippen molar-refractivity contribution in [3.63, 3.8) is 0 Å². The molecule has 6 heteroatoms. The molecule has 1 atom stereocenters. The summed E-state index contributed by atoms with van der Waals surface area (Å²) in [4.78, 5) is 17.1. The van der Waals surface area contributed by atoms with E-state index in [1.165, 1.54) is 11.3 Å². The van der Waals surface area contributed by atoms with Gasteiger partial charge in [-0.05, 0) is 12.7 Å². The molecule has 21 heavy (non-hydrogen) atoms. The predicted molar refractivity (Wildman–Crippen MR) is 88.9 cm³/mol. The van der Waals surface area contributed by atoms with Gasteiger partial charge >= 0.3 is 0 Å². The van der Waals surface area contributed by atoms with Crippen molar-refractivity contribution in [3.8, 4) is 10.6 Å². The van der Waals surface area contributed by atoms with Crippen LogP contribution < -0.4 is 5.32 Å². The fourth-order valence-corrected chi connectivity index (χ4v) is 3.38. The molecular weight excluding hydrogens is 304 g/mol. The molecule has 112 valence electrons. The van der Waals surface area contributed by atoms with Crippen molar-refractivity contribution < 1.29 is 9.90 Å².